The second kappa shape index (κ2) is 6.71. The van der Waals surface area contributed by atoms with E-state index < -0.39 is 33.8 Å². The Labute approximate surface area is 128 Å². The van der Waals surface area contributed by atoms with Crippen LogP contribution in [-0.2, 0) is 21.0 Å². The van der Waals surface area contributed by atoms with E-state index in [1.54, 1.807) is 0 Å². The summed E-state index contributed by atoms with van der Waals surface area (Å²) in [6.07, 6.45) is -4.54. The zero-order chi connectivity index (χ0) is 14.0. The summed E-state index contributed by atoms with van der Waals surface area (Å²) < 4.78 is 71.2. The molecule has 0 atom stereocenters. The summed E-state index contributed by atoms with van der Waals surface area (Å²) in [5.74, 6) is -2.56. The van der Waals surface area contributed by atoms with E-state index in [0.717, 1.165) is 12.1 Å². The maximum Gasteiger partial charge on any atom is 1.00 e. The fourth-order valence-corrected chi connectivity index (χ4v) is 1.26. The van der Waals surface area contributed by atoms with Crippen LogP contribution >= 0.6 is 0 Å². The van der Waals surface area contributed by atoms with E-state index in [0.29, 0.717) is 12.1 Å². The van der Waals surface area contributed by atoms with Gasteiger partial charge in [0, 0.05) is 0 Å². The fraction of sp³-hybridized carbons (Fsp3) is 0.222. The Kier molecular flexibility index (Phi) is 6.49. The van der Waals surface area contributed by atoms with Crippen molar-refractivity contribution in [2.75, 3.05) is 5.94 Å². The molecule has 1 aromatic carbocycles. The van der Waals surface area contributed by atoms with Gasteiger partial charge < -0.3 is 9.29 Å². The van der Waals surface area contributed by atoms with Gasteiger partial charge in [-0.05, 0) is 24.3 Å². The van der Waals surface area contributed by atoms with Gasteiger partial charge >= 0.3 is 41.7 Å². The Hall–Kier alpha value is -0.610. The number of carbonyl (C=O) groups is 1. The largest absolute Gasteiger partial charge is 1.00 e. The first-order chi connectivity index (χ1) is 8.09. The van der Waals surface area contributed by atoms with Crippen LogP contribution in [0.5, 0.6) is 0 Å². The van der Waals surface area contributed by atoms with Crippen LogP contribution in [-0.4, -0.2) is 24.9 Å². The molecule has 0 aliphatic rings. The molecule has 0 N–H and O–H groups in total. The van der Waals surface area contributed by atoms with Crippen molar-refractivity contribution in [1.82, 2.24) is 0 Å². The summed E-state index contributed by atoms with van der Waals surface area (Å²) in [7, 11) is -4.73. The van der Waals surface area contributed by atoms with Crippen LogP contribution < -0.4 is 29.6 Å². The van der Waals surface area contributed by atoms with E-state index in [4.69, 9.17) is 0 Å². The Morgan fingerprint density at radius 2 is 1.68 bits per heavy atom. The van der Waals surface area contributed by atoms with Crippen molar-refractivity contribution in [2.24, 2.45) is 0 Å². The van der Waals surface area contributed by atoms with Gasteiger partial charge in [-0.2, -0.15) is 13.2 Å². The van der Waals surface area contributed by atoms with Crippen LogP contribution in [0.15, 0.2) is 24.3 Å². The van der Waals surface area contributed by atoms with Crippen molar-refractivity contribution < 1.29 is 65.2 Å². The van der Waals surface area contributed by atoms with Crippen LogP contribution in [0.2, 0.25) is 0 Å². The van der Waals surface area contributed by atoms with Gasteiger partial charge in [-0.15, -0.1) is 0 Å². The van der Waals surface area contributed by atoms with Gasteiger partial charge in [0.05, 0.1) is 11.1 Å². The topological polar surface area (TPSA) is 83.5 Å². The molecule has 0 saturated carbocycles. The van der Waals surface area contributed by atoms with Crippen molar-refractivity contribution in [3.05, 3.63) is 35.4 Å². The maximum atomic E-state index is 12.2. The molecule has 0 bridgehead atoms. The van der Waals surface area contributed by atoms with Crippen molar-refractivity contribution in [3.8, 4) is 0 Å². The van der Waals surface area contributed by atoms with Gasteiger partial charge in [-0.25, -0.2) is 13.2 Å². The zero-order valence-corrected chi connectivity index (χ0v) is 12.4. The number of carbonyl (C=O) groups excluding carboxylic acids is 1. The standard InChI is InChI=1S/C9H7F3O5S.Na/c10-9(11,12)7-3-1-6(2-4-7)8(13)17-5-18(14,15)16;/h1-4H,5H2,(H,14,15,16);/q;+1/p-1. The average molecular weight is 306 g/mol. The van der Waals surface area contributed by atoms with Crippen LogP contribution in [0.1, 0.15) is 15.9 Å². The van der Waals surface area contributed by atoms with Crippen LogP contribution in [0.25, 0.3) is 0 Å². The van der Waals surface area contributed by atoms with E-state index in [9.17, 15) is 30.9 Å². The molecule has 100 valence electrons. The van der Waals surface area contributed by atoms with E-state index >= 15 is 0 Å². The molecule has 0 aliphatic carbocycles. The summed E-state index contributed by atoms with van der Waals surface area (Å²) in [6, 6.07) is 2.93. The quantitative estimate of drug-likeness (QED) is 0.380. The third kappa shape index (κ3) is 6.39. The molecule has 19 heavy (non-hydrogen) atoms. The first-order valence-electron chi connectivity index (χ1n) is 4.37. The summed E-state index contributed by atoms with van der Waals surface area (Å²) in [5, 5.41) is 0. The smallest absolute Gasteiger partial charge is 0.745 e. The van der Waals surface area contributed by atoms with Crippen molar-refractivity contribution in [2.45, 2.75) is 6.18 Å². The van der Waals surface area contributed by atoms with E-state index in [1.165, 1.54) is 0 Å². The molecule has 0 heterocycles. The SMILES string of the molecule is O=C(OCS(=O)(=O)[O-])c1ccc(C(F)(F)F)cc1.[Na+]. The van der Waals surface area contributed by atoms with Crippen molar-refractivity contribution >= 4 is 16.1 Å². The molecular weight excluding hydrogens is 300 g/mol. The monoisotopic (exact) mass is 306 g/mol. The van der Waals surface area contributed by atoms with Gasteiger partial charge in [-0.3, -0.25) is 0 Å². The molecule has 0 radical (unpaired) electrons. The second-order valence-electron chi connectivity index (χ2n) is 3.18. The Morgan fingerprint density at radius 1 is 1.21 bits per heavy atom. The van der Waals surface area contributed by atoms with Gasteiger partial charge in [0.1, 0.15) is 10.1 Å². The Bertz CT molecular complexity index is 538. The van der Waals surface area contributed by atoms with Crippen molar-refractivity contribution in [1.29, 1.82) is 0 Å². The van der Waals surface area contributed by atoms with Gasteiger partial charge in [0.25, 0.3) is 0 Å². The minimum absolute atomic E-state index is 0. The Balaban J connectivity index is 0.00000324. The predicted molar refractivity (Wildman–Crippen MR) is 51.4 cm³/mol. The number of hydrogen-bond donors (Lipinski definition) is 0. The van der Waals surface area contributed by atoms with Gasteiger partial charge in [0.15, 0.2) is 5.94 Å². The molecule has 0 aromatic heterocycles. The van der Waals surface area contributed by atoms with Crippen LogP contribution in [0.3, 0.4) is 0 Å². The number of esters is 1. The number of ether oxygens (including phenoxy) is 1. The first-order valence-corrected chi connectivity index (χ1v) is 5.95. The molecular formula is C9H6F3NaO5S. The summed E-state index contributed by atoms with van der Waals surface area (Å²) in [5.41, 5.74) is -1.25. The minimum Gasteiger partial charge on any atom is -0.745 e. The number of halogens is 3. The molecule has 0 spiro atoms. The first kappa shape index (κ1) is 18.4. The fourth-order valence-electron chi connectivity index (χ4n) is 1.00. The number of alkyl halides is 3. The van der Waals surface area contributed by atoms with E-state index in [-0.39, 0.29) is 35.1 Å². The summed E-state index contributed by atoms with van der Waals surface area (Å²) in [6.45, 7) is 0. The molecule has 5 nitrogen and oxygen atoms in total. The van der Waals surface area contributed by atoms with Crippen LogP contribution in [0.4, 0.5) is 13.2 Å². The molecule has 10 heteroatoms. The van der Waals surface area contributed by atoms with Gasteiger partial charge in [0.2, 0.25) is 0 Å². The Morgan fingerprint density at radius 3 is 2.05 bits per heavy atom. The summed E-state index contributed by atoms with van der Waals surface area (Å²) in [4.78, 5) is 11.1. The molecule has 0 unspecified atom stereocenters. The molecule has 0 aliphatic heterocycles. The number of rotatable bonds is 3. The molecule has 1 rings (SSSR count). The van der Waals surface area contributed by atoms with E-state index in [2.05, 4.69) is 4.74 Å². The molecule has 0 saturated heterocycles. The number of benzene rings is 1. The third-order valence-corrected chi connectivity index (χ3v) is 2.19. The third-order valence-electron chi connectivity index (χ3n) is 1.78. The second-order valence-corrected chi connectivity index (χ2v) is 4.53. The van der Waals surface area contributed by atoms with E-state index in [1.807, 2.05) is 0 Å². The molecule has 0 amide bonds. The van der Waals surface area contributed by atoms with Gasteiger partial charge in [-0.1, -0.05) is 0 Å². The number of hydrogen-bond acceptors (Lipinski definition) is 5. The van der Waals surface area contributed by atoms with Crippen LogP contribution in [0, 0.1) is 0 Å². The molecule has 1 aromatic rings. The maximum absolute atomic E-state index is 12.2. The zero-order valence-electron chi connectivity index (χ0n) is 9.60. The summed E-state index contributed by atoms with van der Waals surface area (Å²) >= 11 is 0. The van der Waals surface area contributed by atoms with Crippen molar-refractivity contribution in [3.63, 3.8) is 0 Å². The normalized spacial score (nSPS) is 11.6. The molecule has 0 fully saturated rings. The average Bonchev–Trinajstić information content (AvgIpc) is 2.24. The predicted octanol–water partition coefficient (Wildman–Crippen LogP) is -1.63. The minimum atomic E-state index is -4.73.